The van der Waals surface area contributed by atoms with Crippen molar-refractivity contribution in [1.82, 2.24) is 0 Å². The van der Waals surface area contributed by atoms with Crippen LogP contribution in [0.4, 0.5) is 0 Å². The molecule has 0 aromatic rings. The van der Waals surface area contributed by atoms with E-state index >= 15 is 0 Å². The highest BCUT2D eigenvalue weighted by atomic mass is 16.5. The van der Waals surface area contributed by atoms with E-state index in [4.69, 9.17) is 10.5 Å². The molecule has 0 bridgehead atoms. The summed E-state index contributed by atoms with van der Waals surface area (Å²) in [5, 5.41) is 0. The van der Waals surface area contributed by atoms with Crippen LogP contribution in [0.5, 0.6) is 0 Å². The smallest absolute Gasteiger partial charge is 0.0618 e. The number of nitrogens with two attached hydrogens (primary N) is 1. The lowest BCUT2D eigenvalue weighted by molar-refractivity contribution is 0.0593. The van der Waals surface area contributed by atoms with Crippen LogP contribution in [0.15, 0.2) is 0 Å². The molecule has 0 amide bonds. The second-order valence-electron chi connectivity index (χ2n) is 3.46. The minimum Gasteiger partial charge on any atom is -0.378 e. The Morgan fingerprint density at radius 2 is 2.10 bits per heavy atom. The Kier molecular flexibility index (Phi) is 1.66. The summed E-state index contributed by atoms with van der Waals surface area (Å²) in [6, 6.07) is 0.432. The molecule has 1 saturated heterocycles. The predicted octanol–water partition coefficient (Wildman–Crippen LogP) is 0.903. The lowest BCUT2D eigenvalue weighted by Crippen LogP contribution is -2.38. The van der Waals surface area contributed by atoms with Gasteiger partial charge in [0.25, 0.3) is 0 Å². The Morgan fingerprint density at radius 3 is 2.90 bits per heavy atom. The molecule has 58 valence electrons. The quantitative estimate of drug-likeness (QED) is 0.544. The summed E-state index contributed by atoms with van der Waals surface area (Å²) in [5.41, 5.74) is 5.94. The first kappa shape index (κ1) is 6.62. The Bertz CT molecular complexity index is 126. The molecule has 0 radical (unpaired) electrons. The van der Waals surface area contributed by atoms with Crippen LogP contribution in [0.25, 0.3) is 0 Å². The Morgan fingerprint density at radius 1 is 1.20 bits per heavy atom. The van der Waals surface area contributed by atoms with Gasteiger partial charge in [-0.15, -0.1) is 0 Å². The first-order chi connectivity index (χ1) is 4.88. The first-order valence-electron chi connectivity index (χ1n) is 4.25. The minimum atomic E-state index is 0.432. The monoisotopic (exact) mass is 141 g/mol. The zero-order valence-electron chi connectivity index (χ0n) is 6.25. The summed E-state index contributed by atoms with van der Waals surface area (Å²) in [7, 11) is 0. The van der Waals surface area contributed by atoms with Crippen molar-refractivity contribution in [3.63, 3.8) is 0 Å². The van der Waals surface area contributed by atoms with Crippen LogP contribution < -0.4 is 5.73 Å². The Hall–Kier alpha value is -0.0800. The molecule has 0 aromatic heterocycles. The lowest BCUT2D eigenvalue weighted by Gasteiger charge is -2.29. The summed E-state index contributed by atoms with van der Waals surface area (Å²) < 4.78 is 5.55. The fraction of sp³-hybridized carbons (Fsp3) is 1.00. The van der Waals surface area contributed by atoms with Crippen LogP contribution >= 0.6 is 0 Å². The normalized spacial score (nSPS) is 47.1. The van der Waals surface area contributed by atoms with Crippen molar-refractivity contribution in [2.45, 2.75) is 37.8 Å². The van der Waals surface area contributed by atoms with E-state index in [1.165, 1.54) is 25.7 Å². The van der Waals surface area contributed by atoms with Gasteiger partial charge in [0.2, 0.25) is 0 Å². The van der Waals surface area contributed by atoms with Crippen LogP contribution in [0, 0.1) is 5.92 Å². The van der Waals surface area contributed by atoms with Crippen molar-refractivity contribution in [2.24, 2.45) is 11.7 Å². The van der Waals surface area contributed by atoms with Crippen molar-refractivity contribution >= 4 is 0 Å². The van der Waals surface area contributed by atoms with Gasteiger partial charge in [-0.1, -0.05) is 0 Å². The number of rotatable bonds is 0. The van der Waals surface area contributed by atoms with Gasteiger partial charge in [0.1, 0.15) is 0 Å². The molecule has 2 nitrogen and oxygen atoms in total. The maximum atomic E-state index is 5.94. The Balaban J connectivity index is 2.03. The third-order valence-corrected chi connectivity index (χ3v) is 2.84. The molecule has 0 aromatic carbocycles. The predicted molar refractivity (Wildman–Crippen MR) is 39.7 cm³/mol. The summed E-state index contributed by atoms with van der Waals surface area (Å²) in [4.78, 5) is 0. The lowest BCUT2D eigenvalue weighted by atomic mass is 9.82. The van der Waals surface area contributed by atoms with E-state index in [0.717, 1.165) is 6.61 Å². The van der Waals surface area contributed by atoms with E-state index in [1.807, 2.05) is 0 Å². The number of hydrogen-bond acceptors (Lipinski definition) is 2. The average molecular weight is 141 g/mol. The molecule has 2 aliphatic rings. The van der Waals surface area contributed by atoms with E-state index in [-0.39, 0.29) is 0 Å². The molecule has 2 N–H and O–H groups in total. The minimum absolute atomic E-state index is 0.432. The van der Waals surface area contributed by atoms with Crippen molar-refractivity contribution in [1.29, 1.82) is 0 Å². The standard InChI is InChI=1S/C8H15NO/c9-7-2-1-3-8-6(7)4-5-10-8/h6-8H,1-5,9H2/t6-,7-,8-/m0/s1. The molecule has 1 aliphatic heterocycles. The van der Waals surface area contributed by atoms with E-state index in [9.17, 15) is 0 Å². The van der Waals surface area contributed by atoms with Crippen LogP contribution in [0.3, 0.4) is 0 Å². The van der Waals surface area contributed by atoms with E-state index in [2.05, 4.69) is 0 Å². The van der Waals surface area contributed by atoms with Gasteiger partial charge in [-0.25, -0.2) is 0 Å². The summed E-state index contributed by atoms with van der Waals surface area (Å²) in [5.74, 6) is 0.689. The van der Waals surface area contributed by atoms with Crippen LogP contribution in [-0.4, -0.2) is 18.8 Å². The molecular formula is C8H15NO. The highest BCUT2D eigenvalue weighted by Gasteiger charge is 2.35. The van der Waals surface area contributed by atoms with Crippen LogP contribution in [0.2, 0.25) is 0 Å². The second kappa shape index (κ2) is 2.51. The molecule has 2 fully saturated rings. The fourth-order valence-corrected chi connectivity index (χ4v) is 2.22. The molecular weight excluding hydrogens is 126 g/mol. The maximum Gasteiger partial charge on any atom is 0.0618 e. The maximum absolute atomic E-state index is 5.94. The van der Waals surface area contributed by atoms with Crippen LogP contribution in [-0.2, 0) is 4.74 Å². The number of ether oxygens (including phenoxy) is 1. The number of hydrogen-bond donors (Lipinski definition) is 1. The van der Waals surface area contributed by atoms with E-state index in [1.54, 1.807) is 0 Å². The molecule has 0 unspecified atom stereocenters. The molecule has 2 rings (SSSR count). The van der Waals surface area contributed by atoms with Gasteiger partial charge in [0, 0.05) is 18.6 Å². The molecule has 0 spiro atoms. The largest absolute Gasteiger partial charge is 0.378 e. The summed E-state index contributed by atoms with van der Waals surface area (Å²) in [6.45, 7) is 0.947. The highest BCUT2D eigenvalue weighted by molar-refractivity contribution is 4.88. The van der Waals surface area contributed by atoms with Gasteiger partial charge >= 0.3 is 0 Å². The van der Waals surface area contributed by atoms with Crippen molar-refractivity contribution < 1.29 is 4.74 Å². The third kappa shape index (κ3) is 0.956. The van der Waals surface area contributed by atoms with Gasteiger partial charge in [0.05, 0.1) is 6.10 Å². The van der Waals surface area contributed by atoms with Crippen molar-refractivity contribution in [3.05, 3.63) is 0 Å². The fourth-order valence-electron chi connectivity index (χ4n) is 2.22. The molecule has 1 aliphatic carbocycles. The van der Waals surface area contributed by atoms with Gasteiger partial charge < -0.3 is 10.5 Å². The van der Waals surface area contributed by atoms with Crippen molar-refractivity contribution in [3.8, 4) is 0 Å². The second-order valence-corrected chi connectivity index (χ2v) is 3.46. The molecule has 3 atom stereocenters. The molecule has 1 saturated carbocycles. The average Bonchev–Trinajstić information content (AvgIpc) is 2.36. The first-order valence-corrected chi connectivity index (χ1v) is 4.25. The molecule has 2 heteroatoms. The van der Waals surface area contributed by atoms with Crippen molar-refractivity contribution in [2.75, 3.05) is 6.61 Å². The zero-order valence-corrected chi connectivity index (χ0v) is 6.25. The van der Waals surface area contributed by atoms with Gasteiger partial charge in [-0.2, -0.15) is 0 Å². The van der Waals surface area contributed by atoms with Gasteiger partial charge in [-0.3, -0.25) is 0 Å². The topological polar surface area (TPSA) is 35.2 Å². The summed E-state index contributed by atoms with van der Waals surface area (Å²) >= 11 is 0. The summed E-state index contributed by atoms with van der Waals surface area (Å²) in [6.07, 6.45) is 5.44. The SMILES string of the molecule is N[C@H]1CCC[C@@H]2OCC[C@H]21. The molecule has 1 heterocycles. The third-order valence-electron chi connectivity index (χ3n) is 2.84. The zero-order chi connectivity index (χ0) is 6.97. The van der Waals surface area contributed by atoms with Crippen LogP contribution in [0.1, 0.15) is 25.7 Å². The highest BCUT2D eigenvalue weighted by Crippen LogP contribution is 2.33. The number of fused-ring (bicyclic) bond motifs is 1. The van der Waals surface area contributed by atoms with E-state index < -0.39 is 0 Å². The van der Waals surface area contributed by atoms with E-state index in [0.29, 0.717) is 18.1 Å². The van der Waals surface area contributed by atoms with Gasteiger partial charge in [-0.05, 0) is 25.7 Å². The molecule has 10 heavy (non-hydrogen) atoms. The van der Waals surface area contributed by atoms with Gasteiger partial charge in [0.15, 0.2) is 0 Å². The Labute approximate surface area is 61.7 Å².